The van der Waals surface area contributed by atoms with Gasteiger partial charge in [0.2, 0.25) is 0 Å². The standard InChI is InChI=1S/C10H14N4O8S.Na.H/c1-2-11-3-4-12(9(17)8(11)16)14(10(18)19)6-5-13(7(6)15)23(20,21)22;;/h6H,2-5H2,1H3,(H,18,19)(H,20,21,22);;. The molecule has 1 unspecified atom stereocenters. The summed E-state index contributed by atoms with van der Waals surface area (Å²) in [7, 11) is -4.79. The molecule has 2 rings (SSSR count). The number of nitrogens with zero attached hydrogens (tertiary/aromatic N) is 4. The third kappa shape index (κ3) is 3.49. The van der Waals surface area contributed by atoms with Gasteiger partial charge in [-0.3, -0.25) is 18.9 Å². The molecule has 24 heavy (non-hydrogen) atoms. The van der Waals surface area contributed by atoms with Gasteiger partial charge in [0.1, 0.15) is 0 Å². The van der Waals surface area contributed by atoms with Gasteiger partial charge in [0.15, 0.2) is 6.04 Å². The number of amides is 4. The Bertz CT molecular complexity index is 682. The first-order chi connectivity index (χ1) is 10.6. The van der Waals surface area contributed by atoms with Crippen molar-refractivity contribution in [3.8, 4) is 0 Å². The molecule has 2 aliphatic heterocycles. The van der Waals surface area contributed by atoms with Gasteiger partial charge < -0.3 is 10.0 Å². The molecule has 14 heteroatoms. The first kappa shape index (κ1) is 20.6. The second kappa shape index (κ2) is 7.23. The van der Waals surface area contributed by atoms with E-state index in [1.807, 2.05) is 0 Å². The predicted molar refractivity (Wildman–Crippen MR) is 78.0 cm³/mol. The summed E-state index contributed by atoms with van der Waals surface area (Å²) in [5, 5.41) is 10.1. The molecule has 0 bridgehead atoms. The SMILES string of the molecule is CCN1CCN(N(C(=O)O)C2CN(S(=O)(=O)O)C2=O)C(=O)C1=O.[NaH]. The van der Waals surface area contributed by atoms with E-state index >= 15 is 0 Å². The Morgan fingerprint density at radius 3 is 2.25 bits per heavy atom. The summed E-state index contributed by atoms with van der Waals surface area (Å²) in [6, 6.07) is -1.50. The fraction of sp³-hybridized carbons (Fsp3) is 0.600. The van der Waals surface area contributed by atoms with E-state index in [0.29, 0.717) is 10.0 Å². The zero-order chi connectivity index (χ0) is 17.5. The zero-order valence-electron chi connectivity index (χ0n) is 11.9. The second-order valence-corrected chi connectivity index (χ2v) is 6.14. The zero-order valence-corrected chi connectivity index (χ0v) is 12.8. The number of piperazine rings is 1. The normalized spacial score (nSPS) is 21.3. The Kier molecular flexibility index (Phi) is 6.21. The molecule has 1 atom stereocenters. The van der Waals surface area contributed by atoms with Crippen LogP contribution in [-0.2, 0) is 24.7 Å². The first-order valence-electron chi connectivity index (χ1n) is 6.51. The van der Waals surface area contributed by atoms with Gasteiger partial charge in [-0.2, -0.15) is 8.42 Å². The van der Waals surface area contributed by atoms with Crippen LogP contribution in [0, 0.1) is 0 Å². The van der Waals surface area contributed by atoms with Gasteiger partial charge in [-0.1, -0.05) is 0 Å². The molecule has 0 aromatic rings. The van der Waals surface area contributed by atoms with E-state index in [-0.39, 0.29) is 53.5 Å². The van der Waals surface area contributed by atoms with Gasteiger partial charge >= 0.3 is 57.8 Å². The Labute approximate surface area is 159 Å². The van der Waals surface area contributed by atoms with Gasteiger partial charge in [-0.15, -0.1) is 0 Å². The van der Waals surface area contributed by atoms with Gasteiger partial charge in [-0.05, 0) is 6.92 Å². The molecule has 0 spiro atoms. The number of β-lactam (4-membered cyclic amide) rings is 1. The van der Waals surface area contributed by atoms with Crippen molar-refractivity contribution in [1.82, 2.24) is 19.2 Å². The maximum absolute atomic E-state index is 12.0. The molecule has 2 saturated heterocycles. The molecule has 2 N–H and O–H groups in total. The number of likely N-dealkylation sites (N-methyl/N-ethyl adjacent to an activating group) is 1. The monoisotopic (exact) mass is 374 g/mol. The topological polar surface area (TPSA) is 156 Å². The quantitative estimate of drug-likeness (QED) is 0.227. The van der Waals surface area contributed by atoms with Gasteiger partial charge in [-0.25, -0.2) is 19.1 Å². The molecular formula is C10H15N4NaO8S. The number of carbonyl (C=O) groups excluding carboxylic acids is 3. The average molecular weight is 374 g/mol. The van der Waals surface area contributed by atoms with E-state index in [1.165, 1.54) is 4.90 Å². The van der Waals surface area contributed by atoms with E-state index in [0.717, 1.165) is 0 Å². The molecule has 2 aliphatic rings. The fourth-order valence-corrected chi connectivity index (χ4v) is 3.02. The molecular weight excluding hydrogens is 359 g/mol. The third-order valence-corrected chi connectivity index (χ3v) is 4.45. The molecule has 2 heterocycles. The summed E-state index contributed by atoms with van der Waals surface area (Å²) in [5.74, 6) is -3.24. The van der Waals surface area contributed by atoms with Crippen LogP contribution in [0.25, 0.3) is 0 Å². The van der Waals surface area contributed by atoms with Crippen LogP contribution in [0.5, 0.6) is 0 Å². The average Bonchev–Trinajstić information content (AvgIpc) is 2.44. The summed E-state index contributed by atoms with van der Waals surface area (Å²) in [6.45, 7) is 1.20. The predicted octanol–water partition coefficient (Wildman–Crippen LogP) is -3.06. The van der Waals surface area contributed by atoms with Crippen molar-refractivity contribution in [1.29, 1.82) is 0 Å². The summed E-state index contributed by atoms with van der Waals surface area (Å²) in [5.41, 5.74) is 0. The van der Waals surface area contributed by atoms with Crippen molar-refractivity contribution in [3.63, 3.8) is 0 Å². The van der Waals surface area contributed by atoms with Crippen LogP contribution in [0.4, 0.5) is 4.79 Å². The van der Waals surface area contributed by atoms with Crippen molar-refractivity contribution in [3.05, 3.63) is 0 Å². The molecule has 0 aromatic carbocycles. The molecule has 0 saturated carbocycles. The Morgan fingerprint density at radius 1 is 1.25 bits per heavy atom. The van der Waals surface area contributed by atoms with Crippen LogP contribution < -0.4 is 0 Å². The van der Waals surface area contributed by atoms with Gasteiger partial charge in [0.25, 0.3) is 5.91 Å². The van der Waals surface area contributed by atoms with E-state index in [2.05, 4.69) is 0 Å². The van der Waals surface area contributed by atoms with E-state index in [9.17, 15) is 32.7 Å². The van der Waals surface area contributed by atoms with Crippen molar-refractivity contribution < 1.29 is 37.3 Å². The molecule has 0 radical (unpaired) electrons. The Morgan fingerprint density at radius 2 is 1.83 bits per heavy atom. The number of hydrogen-bond donors (Lipinski definition) is 2. The number of hydrazine groups is 1. The summed E-state index contributed by atoms with van der Waals surface area (Å²) in [4.78, 5) is 48.2. The minimum atomic E-state index is -4.79. The molecule has 12 nitrogen and oxygen atoms in total. The van der Waals surface area contributed by atoms with E-state index in [1.54, 1.807) is 6.92 Å². The van der Waals surface area contributed by atoms with Crippen molar-refractivity contribution in [2.75, 3.05) is 26.2 Å². The summed E-state index contributed by atoms with van der Waals surface area (Å²) >= 11 is 0. The first-order valence-corrected chi connectivity index (χ1v) is 7.91. The van der Waals surface area contributed by atoms with Crippen LogP contribution in [0.3, 0.4) is 0 Å². The summed E-state index contributed by atoms with van der Waals surface area (Å²) in [6.07, 6.45) is -1.69. The van der Waals surface area contributed by atoms with Gasteiger partial charge in [0, 0.05) is 13.1 Å². The van der Waals surface area contributed by atoms with Crippen LogP contribution in [-0.4, -0.2) is 123 Å². The fourth-order valence-electron chi connectivity index (χ4n) is 2.35. The van der Waals surface area contributed by atoms with Crippen molar-refractivity contribution in [2.45, 2.75) is 13.0 Å². The van der Waals surface area contributed by atoms with Crippen molar-refractivity contribution >= 4 is 63.7 Å². The second-order valence-electron chi connectivity index (χ2n) is 4.80. The molecule has 4 amide bonds. The number of rotatable bonds is 4. The van der Waals surface area contributed by atoms with Crippen LogP contribution >= 0.6 is 0 Å². The van der Waals surface area contributed by atoms with Gasteiger partial charge in [0.05, 0.1) is 13.1 Å². The van der Waals surface area contributed by atoms with E-state index in [4.69, 9.17) is 4.55 Å². The minimum absolute atomic E-state index is 0. The summed E-state index contributed by atoms with van der Waals surface area (Å²) < 4.78 is 30.6. The molecule has 130 valence electrons. The third-order valence-electron chi connectivity index (χ3n) is 3.57. The number of carboxylic acid groups (broad SMARTS) is 1. The Balaban J connectivity index is 0.00000288. The maximum atomic E-state index is 12.0. The van der Waals surface area contributed by atoms with Crippen LogP contribution in [0.1, 0.15) is 6.92 Å². The molecule has 0 aliphatic carbocycles. The van der Waals surface area contributed by atoms with E-state index < -0.39 is 46.7 Å². The van der Waals surface area contributed by atoms with Crippen LogP contribution in [0.15, 0.2) is 0 Å². The Hall–Kier alpha value is -1.41. The van der Waals surface area contributed by atoms with Crippen molar-refractivity contribution in [2.24, 2.45) is 0 Å². The van der Waals surface area contributed by atoms with Crippen LogP contribution in [0.2, 0.25) is 0 Å². The molecule has 0 aromatic heterocycles. The molecule has 2 fully saturated rings. The number of carbonyl (C=O) groups is 4. The number of hydrogen-bond acceptors (Lipinski definition) is 6.